The first kappa shape index (κ1) is 21.5. The summed E-state index contributed by atoms with van der Waals surface area (Å²) in [5, 5.41) is 24.9. The monoisotopic (exact) mass is 441 g/mol. The van der Waals surface area contributed by atoms with E-state index in [0.717, 1.165) is 49.4 Å². The smallest absolute Gasteiger partial charge is 0.209 e. The highest BCUT2D eigenvalue weighted by molar-refractivity contribution is 5.82. The lowest BCUT2D eigenvalue weighted by Crippen LogP contribution is -2.57. The van der Waals surface area contributed by atoms with Gasteiger partial charge in [-0.2, -0.15) is 10.4 Å². The van der Waals surface area contributed by atoms with Gasteiger partial charge in [-0.1, -0.05) is 30.3 Å². The molecule has 33 heavy (non-hydrogen) atoms. The molecule has 7 heteroatoms. The van der Waals surface area contributed by atoms with Crippen LogP contribution in [0.2, 0.25) is 0 Å². The van der Waals surface area contributed by atoms with Crippen LogP contribution in [-0.2, 0) is 19.3 Å². The van der Waals surface area contributed by atoms with Crippen molar-refractivity contribution in [3.8, 4) is 6.19 Å². The van der Waals surface area contributed by atoms with Gasteiger partial charge in [-0.25, -0.2) is 0 Å². The van der Waals surface area contributed by atoms with Gasteiger partial charge in [0.15, 0.2) is 0 Å². The number of H-pyrrole nitrogens is 1. The largest absolute Gasteiger partial charge is 0.352 e. The lowest BCUT2D eigenvalue weighted by Gasteiger charge is -2.35. The summed E-state index contributed by atoms with van der Waals surface area (Å²) in [5.74, 6) is 0.608. The second-order valence-electron chi connectivity index (χ2n) is 9.67. The van der Waals surface area contributed by atoms with Gasteiger partial charge in [0.2, 0.25) is 12.2 Å². The van der Waals surface area contributed by atoms with Gasteiger partial charge < -0.3 is 15.5 Å². The summed E-state index contributed by atoms with van der Waals surface area (Å²) < 4.78 is 0. The van der Waals surface area contributed by atoms with Gasteiger partial charge in [-0.15, -0.1) is 4.99 Å². The molecule has 2 atom stereocenters. The van der Waals surface area contributed by atoms with Crippen molar-refractivity contribution < 1.29 is 0 Å². The van der Waals surface area contributed by atoms with Gasteiger partial charge in [-0.05, 0) is 81.4 Å². The number of aryl methyl sites for hydroxylation is 1. The van der Waals surface area contributed by atoms with E-state index < -0.39 is 0 Å². The number of guanidine groups is 1. The van der Waals surface area contributed by atoms with Crippen LogP contribution in [0.3, 0.4) is 0 Å². The number of benzene rings is 2. The zero-order chi connectivity index (χ0) is 22.8. The highest BCUT2D eigenvalue weighted by Gasteiger charge is 2.51. The van der Waals surface area contributed by atoms with Crippen molar-refractivity contribution in [3.63, 3.8) is 0 Å². The van der Waals surface area contributed by atoms with E-state index in [1.165, 1.54) is 16.7 Å². The fourth-order valence-electron chi connectivity index (χ4n) is 5.29. The van der Waals surface area contributed by atoms with Crippen molar-refractivity contribution >= 4 is 16.9 Å². The molecule has 5 rings (SSSR count). The number of aliphatic imine (C=N–C) groups is 1. The molecular weight excluding hydrogens is 410 g/mol. The van der Waals surface area contributed by atoms with E-state index in [2.05, 4.69) is 87.3 Å². The Morgan fingerprint density at radius 2 is 2.09 bits per heavy atom. The van der Waals surface area contributed by atoms with E-state index in [1.54, 1.807) is 0 Å². The predicted molar refractivity (Wildman–Crippen MR) is 131 cm³/mol. The van der Waals surface area contributed by atoms with Crippen LogP contribution in [0.5, 0.6) is 0 Å². The summed E-state index contributed by atoms with van der Waals surface area (Å²) in [4.78, 5) is 6.44. The molecule has 2 aliphatic rings. The number of aromatic amines is 1. The SMILES string of the molecule is CN(C)[C@@H](Cc1ccc2[nH]ncc2c1)C1(NC(=NC#N)N[C@H]2CCc3ccccc3C2)CC1. The quantitative estimate of drug-likeness (QED) is 0.311. The molecule has 2 aliphatic carbocycles. The van der Waals surface area contributed by atoms with Crippen molar-refractivity contribution in [1.29, 1.82) is 5.26 Å². The highest BCUT2D eigenvalue weighted by Crippen LogP contribution is 2.42. The van der Waals surface area contributed by atoms with Crippen molar-refractivity contribution in [2.75, 3.05) is 14.1 Å². The number of nitriles is 1. The maximum atomic E-state index is 9.37. The van der Waals surface area contributed by atoms with Crippen molar-refractivity contribution in [2.24, 2.45) is 4.99 Å². The van der Waals surface area contributed by atoms with Gasteiger partial charge in [0.05, 0.1) is 17.3 Å². The third kappa shape index (κ3) is 4.57. The Bertz CT molecular complexity index is 1200. The Balaban J connectivity index is 1.30. The molecule has 170 valence electrons. The molecule has 0 aliphatic heterocycles. The summed E-state index contributed by atoms with van der Waals surface area (Å²) in [7, 11) is 4.27. The number of hydrogen-bond donors (Lipinski definition) is 3. The molecule has 1 saturated carbocycles. The Hall–Kier alpha value is -3.37. The van der Waals surface area contributed by atoms with E-state index in [-0.39, 0.29) is 17.6 Å². The average molecular weight is 442 g/mol. The van der Waals surface area contributed by atoms with E-state index in [4.69, 9.17) is 0 Å². The molecule has 1 aromatic heterocycles. The summed E-state index contributed by atoms with van der Waals surface area (Å²) in [5.41, 5.74) is 5.07. The van der Waals surface area contributed by atoms with Crippen molar-refractivity contribution in [3.05, 3.63) is 65.4 Å². The van der Waals surface area contributed by atoms with Gasteiger partial charge in [0, 0.05) is 17.5 Å². The van der Waals surface area contributed by atoms with E-state index >= 15 is 0 Å². The first-order valence-corrected chi connectivity index (χ1v) is 11.7. The molecule has 1 heterocycles. The molecule has 0 amide bonds. The van der Waals surface area contributed by atoms with E-state index in [1.807, 2.05) is 12.4 Å². The summed E-state index contributed by atoms with van der Waals surface area (Å²) >= 11 is 0. The van der Waals surface area contributed by atoms with Crippen LogP contribution in [0.15, 0.2) is 53.7 Å². The molecule has 2 aromatic carbocycles. The first-order chi connectivity index (χ1) is 16.1. The maximum Gasteiger partial charge on any atom is 0.209 e. The number of nitrogens with one attached hydrogen (secondary N) is 3. The van der Waals surface area contributed by atoms with Crippen LogP contribution in [0.4, 0.5) is 0 Å². The Labute approximate surface area is 194 Å². The molecule has 0 spiro atoms. The Kier molecular flexibility index (Phi) is 5.77. The van der Waals surface area contributed by atoms with Gasteiger partial charge in [0.1, 0.15) is 0 Å². The molecule has 7 nitrogen and oxygen atoms in total. The van der Waals surface area contributed by atoms with Gasteiger partial charge >= 0.3 is 0 Å². The van der Waals surface area contributed by atoms with Crippen LogP contribution in [0.1, 0.15) is 36.0 Å². The zero-order valence-electron chi connectivity index (χ0n) is 19.3. The Morgan fingerprint density at radius 3 is 2.85 bits per heavy atom. The average Bonchev–Trinajstić information content (AvgIpc) is 3.42. The van der Waals surface area contributed by atoms with E-state index in [9.17, 15) is 5.26 Å². The second-order valence-corrected chi connectivity index (χ2v) is 9.67. The van der Waals surface area contributed by atoms with Crippen LogP contribution in [-0.4, -0.2) is 52.8 Å². The molecule has 0 unspecified atom stereocenters. The zero-order valence-corrected chi connectivity index (χ0v) is 19.3. The van der Waals surface area contributed by atoms with Gasteiger partial charge in [0.25, 0.3) is 0 Å². The van der Waals surface area contributed by atoms with Crippen LogP contribution in [0, 0.1) is 11.5 Å². The normalized spacial score (nSPS) is 20.2. The number of nitrogens with zero attached hydrogens (tertiary/aromatic N) is 4. The molecule has 3 N–H and O–H groups in total. The standard InChI is InChI=1S/C26H31N7/c1-33(2)24(14-18-7-10-23-21(13-18)16-29-32-23)26(11-12-26)31-25(28-17-27)30-22-9-8-19-5-3-4-6-20(19)15-22/h3-7,10,13,16,22,24H,8-9,11-12,14-15H2,1-2H3,(H,29,32)(H2,28,30,31)/t22-,24-/m0/s1. The number of fused-ring (bicyclic) bond motifs is 2. The minimum absolute atomic E-state index is 0.0931. The molecule has 0 saturated heterocycles. The third-order valence-electron chi connectivity index (χ3n) is 7.20. The summed E-state index contributed by atoms with van der Waals surface area (Å²) in [6.45, 7) is 0. The molecule has 3 aromatic rings. The number of rotatable bonds is 6. The van der Waals surface area contributed by atoms with E-state index in [0.29, 0.717) is 5.96 Å². The third-order valence-corrected chi connectivity index (χ3v) is 7.20. The minimum atomic E-state index is -0.0931. The number of hydrogen-bond acceptors (Lipinski definition) is 4. The van der Waals surface area contributed by atoms with Crippen LogP contribution >= 0.6 is 0 Å². The van der Waals surface area contributed by atoms with Crippen LogP contribution < -0.4 is 10.6 Å². The lowest BCUT2D eigenvalue weighted by atomic mass is 9.88. The molecular formula is C26H31N7. The molecule has 1 fully saturated rings. The van der Waals surface area contributed by atoms with Crippen LogP contribution in [0.25, 0.3) is 10.9 Å². The highest BCUT2D eigenvalue weighted by atomic mass is 15.3. The molecule has 0 bridgehead atoms. The van der Waals surface area contributed by atoms with Crippen molar-refractivity contribution in [1.82, 2.24) is 25.7 Å². The second kappa shape index (κ2) is 8.87. The molecule has 0 radical (unpaired) electrons. The Morgan fingerprint density at radius 1 is 1.27 bits per heavy atom. The minimum Gasteiger partial charge on any atom is -0.352 e. The first-order valence-electron chi connectivity index (χ1n) is 11.7. The van der Waals surface area contributed by atoms with Gasteiger partial charge in [-0.3, -0.25) is 5.10 Å². The summed E-state index contributed by atoms with van der Waals surface area (Å²) in [6.07, 6.45) is 9.95. The maximum absolute atomic E-state index is 9.37. The van der Waals surface area contributed by atoms with Crippen molar-refractivity contribution in [2.45, 2.75) is 56.1 Å². The number of aromatic nitrogens is 2. The number of likely N-dealkylation sites (N-methyl/N-ethyl adjacent to an activating group) is 1. The lowest BCUT2D eigenvalue weighted by molar-refractivity contribution is 0.226. The topological polar surface area (TPSA) is 92.1 Å². The predicted octanol–water partition coefficient (Wildman–Crippen LogP) is 3.14. The fourth-order valence-corrected chi connectivity index (χ4v) is 5.29. The summed E-state index contributed by atoms with van der Waals surface area (Å²) in [6, 6.07) is 15.7. The fraction of sp³-hybridized carbons (Fsp3) is 0.423.